The molecule has 0 aliphatic heterocycles. The first kappa shape index (κ1) is 37.1. The van der Waals surface area contributed by atoms with Crippen molar-refractivity contribution in [3.8, 4) is 0 Å². The Kier molecular flexibility index (Phi) is 35.6. The average molecular weight is 589 g/mol. The van der Waals surface area contributed by atoms with Gasteiger partial charge in [0.1, 0.15) is 0 Å². The maximum Gasteiger partial charge on any atom is 0 e. The van der Waals surface area contributed by atoms with Gasteiger partial charge in [0, 0.05) is 40.8 Å². The van der Waals surface area contributed by atoms with Gasteiger partial charge in [-0.15, -0.1) is 13.8 Å². The van der Waals surface area contributed by atoms with Gasteiger partial charge in [-0.05, 0) is 0 Å². The van der Waals surface area contributed by atoms with Crippen molar-refractivity contribution < 1.29 is 40.8 Å². The van der Waals surface area contributed by atoms with E-state index in [0.29, 0.717) is 11.8 Å². The topological polar surface area (TPSA) is 0 Å². The predicted molar refractivity (Wildman–Crippen MR) is 127 cm³/mol. The Balaban J connectivity index is -0.000000153. The van der Waals surface area contributed by atoms with Crippen molar-refractivity contribution in [1.29, 1.82) is 0 Å². The molecule has 0 aliphatic rings. The fourth-order valence-electron chi connectivity index (χ4n) is 1.55. The molecule has 0 N–H and O–H groups in total. The minimum atomic E-state index is 0. The van der Waals surface area contributed by atoms with Crippen LogP contribution in [0.25, 0.3) is 0 Å². The van der Waals surface area contributed by atoms with Crippen LogP contribution in [0.5, 0.6) is 0 Å². The standard InChI is InChI=1S/2C9H10.2C5H10.2Pd/c2*1-2-6-9-7-4-3-5-8-9;2*1-4-5(2)3;;/h2*3-5,7H,1-2,6H2;2*4-5H,2H2,1,3H3;;/q4*-2;;. The minimum Gasteiger partial charge on any atom is -0.370 e. The van der Waals surface area contributed by atoms with Crippen LogP contribution in [-0.2, 0) is 53.7 Å². The molecule has 2 rings (SSSR count). The van der Waals surface area contributed by atoms with E-state index < -0.39 is 0 Å². The first-order chi connectivity index (χ1) is 13.4. The van der Waals surface area contributed by atoms with Crippen LogP contribution >= 0.6 is 0 Å². The second-order valence-electron chi connectivity index (χ2n) is 6.60. The zero-order valence-electron chi connectivity index (χ0n) is 19.2. The summed E-state index contributed by atoms with van der Waals surface area (Å²) in [4.78, 5) is 0. The van der Waals surface area contributed by atoms with Crippen LogP contribution in [0.4, 0.5) is 0 Å². The predicted octanol–water partition coefficient (Wildman–Crippen LogP) is 7.86. The van der Waals surface area contributed by atoms with Crippen molar-refractivity contribution in [1.82, 2.24) is 0 Å². The maximum absolute atomic E-state index is 3.76. The van der Waals surface area contributed by atoms with Gasteiger partial charge in [0.05, 0.1) is 0 Å². The summed E-state index contributed by atoms with van der Waals surface area (Å²) in [5, 5.41) is 0. The molecular weight excluding hydrogens is 549 g/mol. The molecule has 0 saturated heterocycles. The summed E-state index contributed by atoms with van der Waals surface area (Å²) in [7, 11) is 0. The van der Waals surface area contributed by atoms with E-state index in [4.69, 9.17) is 0 Å². The van der Waals surface area contributed by atoms with Gasteiger partial charge < -0.3 is 52.4 Å². The third kappa shape index (κ3) is 30.0. The zero-order valence-corrected chi connectivity index (χ0v) is 22.3. The van der Waals surface area contributed by atoms with E-state index >= 15 is 0 Å². The SMILES string of the molecule is [CH2-]C(C)[CH-]C.[CH2-]C(C)[CH-]C.[CH2-]CCc1[c-]cccc1.[CH2-]CCc1[c-]cccc1.[Pd].[Pd]. The molecule has 0 amide bonds. The molecule has 0 bridgehead atoms. The fourth-order valence-corrected chi connectivity index (χ4v) is 1.55. The monoisotopic (exact) mass is 588 g/mol. The van der Waals surface area contributed by atoms with Crippen LogP contribution in [0.3, 0.4) is 0 Å². The van der Waals surface area contributed by atoms with E-state index in [0.717, 1.165) is 25.7 Å². The van der Waals surface area contributed by atoms with Crippen LogP contribution in [-0.4, -0.2) is 0 Å². The molecule has 180 valence electrons. The molecule has 0 radical (unpaired) electrons. The number of hydrogen-bond acceptors (Lipinski definition) is 0. The Labute approximate surface area is 217 Å². The van der Waals surface area contributed by atoms with Gasteiger partial charge in [-0.2, -0.15) is 98.5 Å². The Morgan fingerprint density at radius 1 is 0.733 bits per heavy atom. The Hall–Kier alpha value is -0.235. The number of aryl methyl sites for hydroxylation is 2. The summed E-state index contributed by atoms with van der Waals surface area (Å²) in [5.74, 6) is 1.02. The molecule has 0 aromatic heterocycles. The summed E-state index contributed by atoms with van der Waals surface area (Å²) in [6, 6.07) is 22.3. The van der Waals surface area contributed by atoms with Crippen molar-refractivity contribution in [2.24, 2.45) is 11.8 Å². The van der Waals surface area contributed by atoms with Crippen LogP contribution in [0.1, 0.15) is 51.7 Å². The first-order valence-corrected chi connectivity index (χ1v) is 10.2. The molecule has 2 atom stereocenters. The van der Waals surface area contributed by atoms with E-state index in [2.05, 4.69) is 78.6 Å². The molecule has 0 saturated carbocycles. The third-order valence-corrected chi connectivity index (χ3v) is 3.58. The van der Waals surface area contributed by atoms with Crippen molar-refractivity contribution in [3.05, 3.63) is 112 Å². The second-order valence-corrected chi connectivity index (χ2v) is 6.60. The number of benzene rings is 2. The molecule has 2 unspecified atom stereocenters. The van der Waals surface area contributed by atoms with Crippen molar-refractivity contribution in [2.45, 2.75) is 53.4 Å². The Bertz CT molecular complexity index is 457. The van der Waals surface area contributed by atoms with E-state index in [1.165, 1.54) is 11.1 Å². The van der Waals surface area contributed by atoms with Crippen LogP contribution in [0.2, 0.25) is 0 Å². The minimum absolute atomic E-state index is 0. The first-order valence-electron chi connectivity index (χ1n) is 10.2. The summed E-state index contributed by atoms with van der Waals surface area (Å²) in [5.41, 5.74) is 2.51. The van der Waals surface area contributed by atoms with Gasteiger partial charge in [0.25, 0.3) is 0 Å². The third-order valence-electron chi connectivity index (χ3n) is 3.58. The summed E-state index contributed by atoms with van der Waals surface area (Å²) < 4.78 is 0. The Morgan fingerprint density at radius 3 is 1.20 bits per heavy atom. The number of rotatable bonds is 6. The van der Waals surface area contributed by atoms with E-state index in [1.807, 2.05) is 50.2 Å². The van der Waals surface area contributed by atoms with Crippen LogP contribution < -0.4 is 0 Å². The summed E-state index contributed by atoms with van der Waals surface area (Å²) in [6.45, 7) is 23.1. The largest absolute Gasteiger partial charge is 0.370 e. The van der Waals surface area contributed by atoms with E-state index in [-0.39, 0.29) is 40.8 Å². The smallest absolute Gasteiger partial charge is 0 e. The Morgan fingerprint density at radius 2 is 1.03 bits per heavy atom. The molecule has 2 aromatic carbocycles. The van der Waals surface area contributed by atoms with Crippen molar-refractivity contribution >= 4 is 0 Å². The summed E-state index contributed by atoms with van der Waals surface area (Å²) >= 11 is 0. The molecule has 0 nitrogen and oxygen atoms in total. The average Bonchev–Trinajstić information content (AvgIpc) is 2.71. The normalized spacial score (nSPS) is 10.7. The second kappa shape index (κ2) is 28.8. The molecule has 0 aliphatic carbocycles. The van der Waals surface area contributed by atoms with Crippen LogP contribution in [0, 0.1) is 64.5 Å². The molecule has 2 aromatic rings. The molecule has 0 fully saturated rings. The maximum atomic E-state index is 3.76. The summed E-state index contributed by atoms with van der Waals surface area (Å²) in [6.07, 6.45) is 8.11. The van der Waals surface area contributed by atoms with Gasteiger partial charge >= 0.3 is 0 Å². The molecule has 0 heterocycles. The van der Waals surface area contributed by atoms with Crippen LogP contribution in [0.15, 0.2) is 48.5 Å². The molecule has 30 heavy (non-hydrogen) atoms. The fraction of sp³-hybridized carbons (Fsp3) is 0.357. The van der Waals surface area contributed by atoms with Gasteiger partial charge in [-0.25, -0.2) is 0 Å². The van der Waals surface area contributed by atoms with Crippen molar-refractivity contribution in [3.63, 3.8) is 0 Å². The van der Waals surface area contributed by atoms with Gasteiger partial charge in [-0.3, -0.25) is 0 Å². The van der Waals surface area contributed by atoms with Crippen molar-refractivity contribution in [2.75, 3.05) is 0 Å². The molecule has 2 heteroatoms. The number of hydrogen-bond donors (Lipinski definition) is 0. The van der Waals surface area contributed by atoms with Gasteiger partial charge in [0.2, 0.25) is 0 Å². The quantitative estimate of drug-likeness (QED) is 0.238. The van der Waals surface area contributed by atoms with Gasteiger partial charge in [-0.1, -0.05) is 12.8 Å². The molecule has 0 spiro atoms. The zero-order chi connectivity index (χ0) is 21.6. The van der Waals surface area contributed by atoms with E-state index in [1.54, 1.807) is 0 Å². The van der Waals surface area contributed by atoms with E-state index in [9.17, 15) is 0 Å². The molecular formula is C28H40Pd2-8. The van der Waals surface area contributed by atoms with Gasteiger partial charge in [0.15, 0.2) is 0 Å².